The van der Waals surface area contributed by atoms with Gasteiger partial charge in [-0.05, 0) is 61.5 Å². The number of aromatic nitrogens is 1. The van der Waals surface area contributed by atoms with Gasteiger partial charge in [-0.3, -0.25) is 24.5 Å². The molecule has 1 aliphatic carbocycles. The fourth-order valence-electron chi connectivity index (χ4n) is 7.38. The molecule has 0 bridgehead atoms. The van der Waals surface area contributed by atoms with E-state index < -0.39 is 35.7 Å². The maximum atomic E-state index is 14.1. The summed E-state index contributed by atoms with van der Waals surface area (Å²) >= 11 is 0. The second-order valence-corrected chi connectivity index (χ2v) is 14.5. The second kappa shape index (κ2) is 15.8. The van der Waals surface area contributed by atoms with E-state index in [9.17, 15) is 24.3 Å². The predicted octanol–water partition coefficient (Wildman–Crippen LogP) is 5.31. The molecular formula is C47H39N4O7+. The van der Waals surface area contributed by atoms with Crippen LogP contribution < -0.4 is 19.5 Å². The zero-order valence-corrected chi connectivity index (χ0v) is 31.9. The molecule has 1 spiro atoms. The van der Waals surface area contributed by atoms with Crippen LogP contribution >= 0.6 is 0 Å². The minimum absolute atomic E-state index is 0.0714. The molecule has 58 heavy (non-hydrogen) atoms. The Balaban J connectivity index is 1.06. The van der Waals surface area contributed by atoms with Crippen LogP contribution in [-0.2, 0) is 37.1 Å². The molecule has 3 heterocycles. The number of oxime groups is 1. The van der Waals surface area contributed by atoms with Gasteiger partial charge in [-0.15, -0.1) is 0 Å². The third-order valence-corrected chi connectivity index (χ3v) is 10.6. The molecular weight excluding hydrogens is 733 g/mol. The average molecular weight is 772 g/mol. The van der Waals surface area contributed by atoms with E-state index in [4.69, 9.17) is 9.57 Å². The van der Waals surface area contributed by atoms with Crippen molar-refractivity contribution in [3.05, 3.63) is 171 Å². The maximum absolute atomic E-state index is 14.1. The Labute approximate surface area is 334 Å². The molecule has 2 fully saturated rings. The van der Waals surface area contributed by atoms with Crippen LogP contribution in [0.25, 0.3) is 23.1 Å². The summed E-state index contributed by atoms with van der Waals surface area (Å²) in [4.78, 5) is 58.3. The van der Waals surface area contributed by atoms with Gasteiger partial charge in [0, 0.05) is 58.0 Å². The van der Waals surface area contributed by atoms with E-state index in [2.05, 4.69) is 16.2 Å². The minimum Gasteiger partial charge on any atom is -0.844 e. The van der Waals surface area contributed by atoms with E-state index in [0.29, 0.717) is 23.5 Å². The highest BCUT2D eigenvalue weighted by Gasteiger charge is 2.63. The first-order chi connectivity index (χ1) is 28.1. The van der Waals surface area contributed by atoms with Crippen molar-refractivity contribution in [2.45, 2.75) is 45.8 Å². The van der Waals surface area contributed by atoms with Crippen LogP contribution in [-0.4, -0.2) is 48.7 Å². The standard InChI is InChI=1S/C47H38N4O7/c1-30-11-15-32(16-12-30)28-58-48-29-57-43-27-51(43)37(22-20-34-8-4-6-10-41(34)51)26-39-44(53)38(45(54)46(39)55)25-36-21-19-33-7-3-5-9-40(33)50(36)24-23-42(52)49-47(56)35-17-13-31(2)14-18-35/h3-22,25,29,43-44H,23-24,27-28H2,1-2H3/p+1/b38-25?,48-29+. The third kappa shape index (κ3) is 7.45. The van der Waals surface area contributed by atoms with Gasteiger partial charge in [-0.2, -0.15) is 4.57 Å². The van der Waals surface area contributed by atoms with Gasteiger partial charge in [0.15, 0.2) is 18.8 Å². The number of quaternary nitrogens is 1. The Morgan fingerprint density at radius 1 is 0.897 bits per heavy atom. The zero-order chi connectivity index (χ0) is 40.4. The van der Waals surface area contributed by atoms with Crippen molar-refractivity contribution in [2.75, 3.05) is 6.54 Å². The van der Waals surface area contributed by atoms with Gasteiger partial charge in [0.1, 0.15) is 12.3 Å². The highest BCUT2D eigenvalue weighted by atomic mass is 16.6. The highest BCUT2D eigenvalue weighted by Crippen LogP contribution is 2.49. The number of ether oxygens (including phenoxy) is 1. The van der Waals surface area contributed by atoms with Gasteiger partial charge in [-0.25, -0.2) is 4.48 Å². The highest BCUT2D eigenvalue weighted by molar-refractivity contribution is 6.53. The van der Waals surface area contributed by atoms with Crippen molar-refractivity contribution in [3.63, 3.8) is 0 Å². The molecule has 1 N–H and O–H groups in total. The molecule has 8 rings (SSSR count). The zero-order valence-electron chi connectivity index (χ0n) is 31.9. The minimum atomic E-state index is -1.82. The summed E-state index contributed by atoms with van der Waals surface area (Å²) in [6, 6.07) is 33.6. The maximum Gasteiger partial charge on any atom is 0.295 e. The smallest absolute Gasteiger partial charge is 0.295 e. The average Bonchev–Trinajstić information content (AvgIpc) is 3.91. The first-order valence-corrected chi connectivity index (χ1v) is 18.9. The molecule has 0 radical (unpaired) electrons. The van der Waals surface area contributed by atoms with Crippen molar-refractivity contribution >= 4 is 58.5 Å². The van der Waals surface area contributed by atoms with E-state index in [-0.39, 0.29) is 35.2 Å². The third-order valence-electron chi connectivity index (χ3n) is 10.6. The molecule has 3 atom stereocenters. The van der Waals surface area contributed by atoms with Crippen molar-refractivity contribution in [1.29, 1.82) is 0 Å². The Hall–Kier alpha value is -7.04. The first kappa shape index (κ1) is 37.9. The lowest BCUT2D eigenvalue weighted by atomic mass is 10.0. The van der Waals surface area contributed by atoms with Crippen LogP contribution in [0.1, 0.15) is 44.7 Å². The Morgan fingerprint density at radius 2 is 1.62 bits per heavy atom. The number of ketones is 2. The van der Waals surface area contributed by atoms with Gasteiger partial charge in [0.2, 0.25) is 35.1 Å². The first-order valence-electron chi connectivity index (χ1n) is 18.9. The van der Waals surface area contributed by atoms with E-state index >= 15 is 0 Å². The number of Topliss-reactive ketones (excluding diaryl/α,β-unsaturated/α-hetero) is 2. The van der Waals surface area contributed by atoms with Crippen LogP contribution in [0, 0.1) is 13.8 Å². The number of carbonyl (C=O) groups is 4. The van der Waals surface area contributed by atoms with Crippen LogP contribution in [0.3, 0.4) is 0 Å². The number of carbonyl (C=O) groups excluding carboxylic acids is 4. The molecule has 1 saturated heterocycles. The number of hydrogen-bond acceptors (Lipinski definition) is 8. The number of para-hydroxylation sites is 2. The van der Waals surface area contributed by atoms with Gasteiger partial charge in [0.05, 0.1) is 6.42 Å². The number of benzene rings is 4. The molecule has 2 amide bonds. The summed E-state index contributed by atoms with van der Waals surface area (Å²) < 4.78 is 7.97. The summed E-state index contributed by atoms with van der Waals surface area (Å²) in [5.41, 5.74) is 9.56. The predicted molar refractivity (Wildman–Crippen MR) is 216 cm³/mol. The summed E-state index contributed by atoms with van der Waals surface area (Å²) in [5.74, 6) is -2.83. The van der Waals surface area contributed by atoms with Gasteiger partial charge < -0.3 is 14.7 Å². The number of nitrogens with zero attached hydrogens (tertiary/aromatic N) is 3. The van der Waals surface area contributed by atoms with Crippen molar-refractivity contribution in [1.82, 2.24) is 9.80 Å². The second-order valence-electron chi connectivity index (χ2n) is 14.5. The van der Waals surface area contributed by atoms with E-state index in [1.165, 1.54) is 12.5 Å². The summed E-state index contributed by atoms with van der Waals surface area (Å²) in [6.07, 6.45) is 4.02. The van der Waals surface area contributed by atoms with Crippen LogP contribution in [0.2, 0.25) is 0 Å². The van der Waals surface area contributed by atoms with Gasteiger partial charge >= 0.3 is 0 Å². The number of hydrogen-bond donors (Lipinski definition) is 1. The van der Waals surface area contributed by atoms with E-state index in [1.807, 2.05) is 98.8 Å². The molecule has 2 aliphatic heterocycles. The molecule has 3 unspecified atom stereocenters. The summed E-state index contributed by atoms with van der Waals surface area (Å²) in [7, 11) is 0. The van der Waals surface area contributed by atoms with Gasteiger partial charge in [0.25, 0.3) is 12.1 Å². The van der Waals surface area contributed by atoms with E-state index in [1.54, 1.807) is 41.0 Å². The monoisotopic (exact) mass is 771 g/mol. The largest absolute Gasteiger partial charge is 0.844 e. The lowest BCUT2D eigenvalue weighted by Crippen LogP contribution is -2.41. The number of nitrogens with one attached hydrogen (secondary N) is 1. The molecule has 288 valence electrons. The van der Waals surface area contributed by atoms with Crippen molar-refractivity contribution in [2.24, 2.45) is 5.16 Å². The van der Waals surface area contributed by atoms with E-state index in [0.717, 1.165) is 38.8 Å². The molecule has 1 aromatic heterocycles. The normalized spacial score (nSPS) is 20.2. The topological polar surface area (TPSA) is 138 Å². The Kier molecular flexibility index (Phi) is 10.3. The molecule has 11 heteroatoms. The number of aryl methyl sites for hydroxylation is 3. The number of rotatable bonds is 10. The van der Waals surface area contributed by atoms with Crippen LogP contribution in [0.5, 0.6) is 0 Å². The Morgan fingerprint density at radius 3 is 2.41 bits per heavy atom. The summed E-state index contributed by atoms with van der Waals surface area (Å²) in [6.45, 7) is 4.78. The number of imide groups is 1. The molecule has 11 nitrogen and oxygen atoms in total. The van der Waals surface area contributed by atoms with Gasteiger partial charge in [-0.1, -0.05) is 83.1 Å². The van der Waals surface area contributed by atoms with Crippen molar-refractivity contribution in [3.8, 4) is 0 Å². The molecule has 5 aromatic rings. The quantitative estimate of drug-likeness (QED) is 0.0234. The molecule has 1 saturated carbocycles. The lowest BCUT2D eigenvalue weighted by Gasteiger charge is -2.24. The van der Waals surface area contributed by atoms with Crippen molar-refractivity contribution < 1.29 is 38.4 Å². The number of amides is 2. The fraction of sp³-hybridized carbons (Fsp3) is 0.170. The fourth-order valence-corrected chi connectivity index (χ4v) is 7.38. The SMILES string of the molecule is Cc1ccc(CO/N=C/OC2C[N+]23C(=C=C2C(=O)C(=O)C(=Cc4ccc5ccccc5[n+]4CCC(=O)NC(=O)c4ccc(C)cc4)C2[O-])C=Cc2ccccc23)cc1. The number of pyridine rings is 1. The van der Waals surface area contributed by atoms with Crippen LogP contribution in [0.15, 0.2) is 143 Å². The lowest BCUT2D eigenvalue weighted by molar-refractivity contribution is -0.671. The molecule has 4 aromatic carbocycles. The number of fused-ring (bicyclic) bond motifs is 3. The summed E-state index contributed by atoms with van der Waals surface area (Å²) in [5, 5.41) is 21.4. The van der Waals surface area contributed by atoms with Crippen LogP contribution in [0.4, 0.5) is 5.69 Å². The Bertz CT molecular complexity index is 2650. The molecule has 3 aliphatic rings.